The first-order valence-corrected chi connectivity index (χ1v) is 6.60. The highest BCUT2D eigenvalue weighted by atomic mass is 79.9. The van der Waals surface area contributed by atoms with Gasteiger partial charge in [0.15, 0.2) is 0 Å². The molecule has 0 amide bonds. The zero-order chi connectivity index (χ0) is 13.0. The number of rotatable bonds is 5. The third-order valence-corrected chi connectivity index (χ3v) is 2.93. The first kappa shape index (κ1) is 13.1. The summed E-state index contributed by atoms with van der Waals surface area (Å²) >= 11 is 3.34. The lowest BCUT2D eigenvalue weighted by atomic mass is 10.3. The number of halogens is 1. The van der Waals surface area contributed by atoms with E-state index in [-0.39, 0.29) is 0 Å². The van der Waals surface area contributed by atoms with E-state index in [2.05, 4.69) is 49.5 Å². The summed E-state index contributed by atoms with van der Waals surface area (Å²) in [6.45, 7) is 7.33. The molecular formula is C14H16BrN3. The van der Waals surface area contributed by atoms with Crippen molar-refractivity contribution in [2.75, 3.05) is 6.54 Å². The fraction of sp³-hybridized carbons (Fsp3) is 0.214. The van der Waals surface area contributed by atoms with Gasteiger partial charge in [0, 0.05) is 23.3 Å². The van der Waals surface area contributed by atoms with Gasteiger partial charge >= 0.3 is 0 Å². The fourth-order valence-electron chi connectivity index (χ4n) is 1.87. The second-order valence-corrected chi connectivity index (χ2v) is 5.21. The molecule has 0 unspecified atom stereocenters. The van der Waals surface area contributed by atoms with E-state index in [1.54, 1.807) is 0 Å². The molecule has 2 aromatic rings. The average Bonchev–Trinajstić information content (AvgIpc) is 2.71. The molecule has 1 aromatic heterocycles. The lowest BCUT2D eigenvalue weighted by Gasteiger charge is -2.10. The van der Waals surface area contributed by atoms with Gasteiger partial charge in [0.05, 0.1) is 11.9 Å². The van der Waals surface area contributed by atoms with Gasteiger partial charge in [-0.2, -0.15) is 0 Å². The minimum Gasteiger partial charge on any atom is -0.307 e. The van der Waals surface area contributed by atoms with Crippen LogP contribution in [0.25, 0.3) is 5.69 Å². The Labute approximate surface area is 116 Å². The van der Waals surface area contributed by atoms with Gasteiger partial charge in [-0.3, -0.25) is 4.57 Å². The second kappa shape index (κ2) is 5.98. The summed E-state index contributed by atoms with van der Waals surface area (Å²) in [4.78, 5) is 4.38. The third kappa shape index (κ3) is 3.09. The van der Waals surface area contributed by atoms with E-state index >= 15 is 0 Å². The zero-order valence-corrected chi connectivity index (χ0v) is 11.9. The summed E-state index contributed by atoms with van der Waals surface area (Å²) in [6.07, 6.45) is 1.91. The molecule has 18 heavy (non-hydrogen) atoms. The zero-order valence-electron chi connectivity index (χ0n) is 10.4. The predicted molar refractivity (Wildman–Crippen MR) is 78.1 cm³/mol. The van der Waals surface area contributed by atoms with Crippen molar-refractivity contribution in [2.45, 2.75) is 13.5 Å². The Morgan fingerprint density at radius 2 is 2.11 bits per heavy atom. The smallest absolute Gasteiger partial charge is 0.110 e. The average molecular weight is 306 g/mol. The Morgan fingerprint density at radius 3 is 2.78 bits per heavy atom. The number of hydrogen-bond acceptors (Lipinski definition) is 2. The number of para-hydroxylation sites is 1. The van der Waals surface area contributed by atoms with Crippen LogP contribution in [0.15, 0.2) is 47.6 Å². The van der Waals surface area contributed by atoms with Crippen LogP contribution in [0.3, 0.4) is 0 Å². The summed E-state index contributed by atoms with van der Waals surface area (Å²) in [6, 6.07) is 10.3. The second-order valence-electron chi connectivity index (χ2n) is 4.09. The number of aryl methyl sites for hydroxylation is 1. The Morgan fingerprint density at radius 1 is 1.39 bits per heavy atom. The molecule has 0 aliphatic heterocycles. The summed E-state index contributed by atoms with van der Waals surface area (Å²) in [7, 11) is 0. The van der Waals surface area contributed by atoms with Crippen molar-refractivity contribution in [1.29, 1.82) is 0 Å². The molecular weight excluding hydrogens is 290 g/mol. The SMILES string of the molecule is C=C(Br)CNCc1cnc(C)n1-c1ccccc1. The summed E-state index contributed by atoms with van der Waals surface area (Å²) in [5, 5.41) is 3.32. The number of imidazole rings is 1. The first-order valence-electron chi connectivity index (χ1n) is 5.81. The highest BCUT2D eigenvalue weighted by Crippen LogP contribution is 2.14. The highest BCUT2D eigenvalue weighted by molar-refractivity contribution is 9.11. The molecule has 0 bridgehead atoms. The van der Waals surface area contributed by atoms with Crippen molar-refractivity contribution >= 4 is 15.9 Å². The number of aromatic nitrogens is 2. The van der Waals surface area contributed by atoms with Crippen molar-refractivity contribution in [3.8, 4) is 5.69 Å². The van der Waals surface area contributed by atoms with Gasteiger partial charge in [0.1, 0.15) is 5.82 Å². The van der Waals surface area contributed by atoms with Crippen LogP contribution in [-0.2, 0) is 6.54 Å². The molecule has 4 heteroatoms. The standard InChI is InChI=1S/C14H16BrN3/c1-11(15)8-16-9-14-10-17-12(2)18(14)13-6-4-3-5-7-13/h3-7,10,16H,1,8-9H2,2H3. The molecule has 0 atom stereocenters. The van der Waals surface area contributed by atoms with Gasteiger partial charge < -0.3 is 5.32 Å². The van der Waals surface area contributed by atoms with E-state index in [0.29, 0.717) is 0 Å². The molecule has 0 fully saturated rings. The van der Waals surface area contributed by atoms with Crippen LogP contribution in [0.5, 0.6) is 0 Å². The largest absolute Gasteiger partial charge is 0.307 e. The van der Waals surface area contributed by atoms with Crippen molar-refractivity contribution in [3.05, 3.63) is 59.1 Å². The van der Waals surface area contributed by atoms with Crippen LogP contribution in [0.4, 0.5) is 0 Å². The number of benzene rings is 1. The van der Waals surface area contributed by atoms with E-state index in [1.807, 2.05) is 31.3 Å². The summed E-state index contributed by atoms with van der Waals surface area (Å²) < 4.78 is 3.11. The maximum absolute atomic E-state index is 4.38. The van der Waals surface area contributed by atoms with Gasteiger partial charge in [0.25, 0.3) is 0 Å². The Bertz CT molecular complexity index is 531. The maximum atomic E-state index is 4.38. The molecule has 1 aromatic carbocycles. The fourth-order valence-corrected chi connectivity index (χ4v) is 2.07. The highest BCUT2D eigenvalue weighted by Gasteiger charge is 2.07. The maximum Gasteiger partial charge on any atom is 0.110 e. The van der Waals surface area contributed by atoms with E-state index in [0.717, 1.165) is 34.8 Å². The molecule has 0 aliphatic rings. The molecule has 0 saturated carbocycles. The minimum absolute atomic E-state index is 0.749. The van der Waals surface area contributed by atoms with Gasteiger partial charge in [-0.05, 0) is 19.1 Å². The lowest BCUT2D eigenvalue weighted by molar-refractivity contribution is 0.718. The summed E-state index contributed by atoms with van der Waals surface area (Å²) in [5.41, 5.74) is 2.29. The number of nitrogens with one attached hydrogen (secondary N) is 1. The van der Waals surface area contributed by atoms with E-state index < -0.39 is 0 Å². The molecule has 1 heterocycles. The van der Waals surface area contributed by atoms with Gasteiger partial charge in [-0.15, -0.1) is 0 Å². The molecule has 94 valence electrons. The van der Waals surface area contributed by atoms with Crippen LogP contribution in [-0.4, -0.2) is 16.1 Å². The summed E-state index contributed by atoms with van der Waals surface area (Å²) in [5.74, 6) is 0.996. The molecule has 2 rings (SSSR count). The Hall–Kier alpha value is -1.39. The van der Waals surface area contributed by atoms with E-state index in [9.17, 15) is 0 Å². The quantitative estimate of drug-likeness (QED) is 0.919. The molecule has 0 radical (unpaired) electrons. The van der Waals surface area contributed by atoms with Crippen LogP contribution in [0.2, 0.25) is 0 Å². The van der Waals surface area contributed by atoms with Crippen LogP contribution in [0.1, 0.15) is 11.5 Å². The number of nitrogens with zero attached hydrogens (tertiary/aromatic N) is 2. The molecule has 1 N–H and O–H groups in total. The van der Waals surface area contributed by atoms with E-state index in [1.165, 1.54) is 0 Å². The van der Waals surface area contributed by atoms with Crippen LogP contribution < -0.4 is 5.32 Å². The first-order chi connectivity index (χ1) is 8.68. The Balaban J connectivity index is 2.20. The normalized spacial score (nSPS) is 10.6. The van der Waals surface area contributed by atoms with Crippen LogP contribution in [0, 0.1) is 6.92 Å². The molecule has 0 saturated heterocycles. The van der Waals surface area contributed by atoms with Gasteiger partial charge in [-0.1, -0.05) is 40.7 Å². The van der Waals surface area contributed by atoms with Crippen molar-refractivity contribution < 1.29 is 0 Å². The third-order valence-electron chi connectivity index (χ3n) is 2.65. The monoisotopic (exact) mass is 305 g/mol. The molecule has 0 spiro atoms. The molecule has 0 aliphatic carbocycles. The van der Waals surface area contributed by atoms with Crippen molar-refractivity contribution in [2.24, 2.45) is 0 Å². The molecule has 3 nitrogen and oxygen atoms in total. The predicted octanol–water partition coefficient (Wildman–Crippen LogP) is 3.18. The lowest BCUT2D eigenvalue weighted by Crippen LogP contribution is -2.17. The van der Waals surface area contributed by atoms with Crippen LogP contribution >= 0.6 is 15.9 Å². The number of hydrogen-bond donors (Lipinski definition) is 1. The minimum atomic E-state index is 0.749. The Kier molecular flexibility index (Phi) is 4.33. The van der Waals surface area contributed by atoms with Crippen molar-refractivity contribution in [3.63, 3.8) is 0 Å². The van der Waals surface area contributed by atoms with E-state index in [4.69, 9.17) is 0 Å². The van der Waals surface area contributed by atoms with Crippen molar-refractivity contribution in [1.82, 2.24) is 14.9 Å². The van der Waals surface area contributed by atoms with Gasteiger partial charge in [-0.25, -0.2) is 4.98 Å². The topological polar surface area (TPSA) is 29.9 Å². The van der Waals surface area contributed by atoms with Gasteiger partial charge in [0.2, 0.25) is 0 Å².